The van der Waals surface area contributed by atoms with Crippen molar-refractivity contribution in [1.82, 2.24) is 25.5 Å². The van der Waals surface area contributed by atoms with Gasteiger partial charge in [0.2, 0.25) is 5.91 Å². The summed E-state index contributed by atoms with van der Waals surface area (Å²) in [5.74, 6) is 0.0290. The number of hydrogen-bond donors (Lipinski definition) is 3. The van der Waals surface area contributed by atoms with Crippen LogP contribution in [0.25, 0.3) is 10.9 Å². The quantitative estimate of drug-likeness (QED) is 0.749. The minimum atomic E-state index is -0.574. The Bertz CT molecular complexity index is 830. The SMILES string of the molecule is CC(C)NC(=O)NC(=O)[C@@H](C)N(C)Cc1nc2ccccc2c(=O)[nH]1. The molecule has 25 heavy (non-hydrogen) atoms. The van der Waals surface area contributed by atoms with E-state index in [4.69, 9.17) is 0 Å². The van der Waals surface area contributed by atoms with Gasteiger partial charge in [0.05, 0.1) is 23.5 Å². The van der Waals surface area contributed by atoms with Crippen molar-refractivity contribution >= 4 is 22.8 Å². The predicted molar refractivity (Wildman–Crippen MR) is 95.1 cm³/mol. The lowest BCUT2D eigenvalue weighted by Gasteiger charge is -2.23. The molecule has 2 aromatic rings. The number of para-hydroxylation sites is 1. The first-order valence-corrected chi connectivity index (χ1v) is 8.07. The maximum Gasteiger partial charge on any atom is 0.321 e. The van der Waals surface area contributed by atoms with Crippen LogP contribution in [0.1, 0.15) is 26.6 Å². The zero-order valence-electron chi connectivity index (χ0n) is 14.8. The van der Waals surface area contributed by atoms with Crippen molar-refractivity contribution in [3.8, 4) is 0 Å². The van der Waals surface area contributed by atoms with Gasteiger partial charge in [0.1, 0.15) is 5.82 Å². The zero-order valence-corrected chi connectivity index (χ0v) is 14.8. The first-order valence-electron chi connectivity index (χ1n) is 8.07. The number of carbonyl (C=O) groups is 2. The summed E-state index contributed by atoms with van der Waals surface area (Å²) < 4.78 is 0. The second-order valence-corrected chi connectivity index (χ2v) is 6.24. The Morgan fingerprint density at radius 1 is 1.24 bits per heavy atom. The van der Waals surface area contributed by atoms with Crippen LogP contribution in [-0.2, 0) is 11.3 Å². The molecule has 8 heteroatoms. The number of urea groups is 1. The van der Waals surface area contributed by atoms with Gasteiger partial charge in [-0.1, -0.05) is 12.1 Å². The number of aromatic nitrogens is 2. The highest BCUT2D eigenvalue weighted by molar-refractivity contribution is 5.96. The topological polar surface area (TPSA) is 107 Å². The molecule has 0 aliphatic carbocycles. The van der Waals surface area contributed by atoms with Crippen LogP contribution in [0.15, 0.2) is 29.1 Å². The zero-order chi connectivity index (χ0) is 18.6. The van der Waals surface area contributed by atoms with Crippen molar-refractivity contribution in [2.24, 2.45) is 0 Å². The summed E-state index contributed by atoms with van der Waals surface area (Å²) >= 11 is 0. The Morgan fingerprint density at radius 2 is 1.92 bits per heavy atom. The lowest BCUT2D eigenvalue weighted by molar-refractivity contribution is -0.124. The normalized spacial score (nSPS) is 12.4. The van der Waals surface area contributed by atoms with Gasteiger partial charge in [0.25, 0.3) is 5.56 Å². The highest BCUT2D eigenvalue weighted by Crippen LogP contribution is 2.08. The van der Waals surface area contributed by atoms with Gasteiger partial charge < -0.3 is 10.3 Å². The fourth-order valence-electron chi connectivity index (χ4n) is 2.30. The van der Waals surface area contributed by atoms with Crippen molar-refractivity contribution in [2.75, 3.05) is 7.05 Å². The van der Waals surface area contributed by atoms with Gasteiger partial charge >= 0.3 is 6.03 Å². The van der Waals surface area contributed by atoms with Crippen molar-refractivity contribution in [3.05, 3.63) is 40.4 Å². The molecule has 3 amide bonds. The van der Waals surface area contributed by atoms with E-state index in [0.717, 1.165) is 0 Å². The van der Waals surface area contributed by atoms with Crippen molar-refractivity contribution in [2.45, 2.75) is 39.4 Å². The van der Waals surface area contributed by atoms with E-state index in [9.17, 15) is 14.4 Å². The van der Waals surface area contributed by atoms with Crippen LogP contribution in [0.5, 0.6) is 0 Å². The first-order chi connectivity index (χ1) is 11.8. The van der Waals surface area contributed by atoms with Crippen molar-refractivity contribution in [1.29, 1.82) is 0 Å². The molecule has 0 spiro atoms. The average Bonchev–Trinajstić information content (AvgIpc) is 2.53. The minimum absolute atomic E-state index is 0.0623. The monoisotopic (exact) mass is 345 g/mol. The molecule has 0 unspecified atom stereocenters. The van der Waals surface area contributed by atoms with E-state index in [1.165, 1.54) is 0 Å². The number of amides is 3. The van der Waals surface area contributed by atoms with Gasteiger partial charge in [0.15, 0.2) is 0 Å². The number of H-pyrrole nitrogens is 1. The van der Waals surface area contributed by atoms with E-state index in [2.05, 4.69) is 20.6 Å². The number of hydrogen-bond acceptors (Lipinski definition) is 5. The van der Waals surface area contributed by atoms with Crippen LogP contribution >= 0.6 is 0 Å². The Balaban J connectivity index is 2.05. The molecule has 134 valence electrons. The van der Waals surface area contributed by atoms with Crippen LogP contribution in [0.4, 0.5) is 4.79 Å². The van der Waals surface area contributed by atoms with E-state index in [0.29, 0.717) is 16.7 Å². The van der Waals surface area contributed by atoms with Crippen LogP contribution in [0.2, 0.25) is 0 Å². The van der Waals surface area contributed by atoms with Gasteiger partial charge in [-0.15, -0.1) is 0 Å². The van der Waals surface area contributed by atoms with Crippen LogP contribution in [0.3, 0.4) is 0 Å². The molecule has 0 saturated heterocycles. The van der Waals surface area contributed by atoms with E-state index in [1.54, 1.807) is 50.9 Å². The summed E-state index contributed by atoms with van der Waals surface area (Å²) in [7, 11) is 1.72. The molecular weight excluding hydrogens is 322 g/mol. The summed E-state index contributed by atoms with van der Waals surface area (Å²) in [6.45, 7) is 5.56. The number of likely N-dealkylation sites (N-methyl/N-ethyl adjacent to an activating group) is 1. The third-order valence-electron chi connectivity index (χ3n) is 3.76. The molecule has 0 fully saturated rings. The van der Waals surface area contributed by atoms with Crippen molar-refractivity contribution < 1.29 is 9.59 Å². The fraction of sp³-hybridized carbons (Fsp3) is 0.412. The van der Waals surface area contributed by atoms with E-state index in [1.807, 2.05) is 6.07 Å². The third-order valence-corrected chi connectivity index (χ3v) is 3.76. The summed E-state index contributed by atoms with van der Waals surface area (Å²) in [6.07, 6.45) is 0. The Labute approximate surface area is 145 Å². The second kappa shape index (κ2) is 7.89. The standard InChI is InChI=1S/C17H23N5O3/c1-10(2)18-17(25)21-15(23)11(3)22(4)9-14-19-13-8-6-5-7-12(13)16(24)20-14/h5-8,10-11H,9H2,1-4H3,(H,19,20,24)(H2,18,21,23,25)/t11-/m1/s1. The number of carbonyl (C=O) groups excluding carboxylic acids is 2. The molecule has 2 rings (SSSR count). The molecule has 1 aromatic heterocycles. The van der Waals surface area contributed by atoms with E-state index < -0.39 is 18.0 Å². The van der Waals surface area contributed by atoms with Gasteiger partial charge in [0, 0.05) is 6.04 Å². The smallest absolute Gasteiger partial charge is 0.321 e. The Hall–Kier alpha value is -2.74. The molecule has 1 aromatic carbocycles. The molecule has 0 aliphatic heterocycles. The predicted octanol–water partition coefficient (Wildman–Crippen LogP) is 0.978. The molecule has 1 heterocycles. The lowest BCUT2D eigenvalue weighted by atomic mass is 10.2. The molecule has 1 atom stereocenters. The Morgan fingerprint density at radius 3 is 2.60 bits per heavy atom. The number of aromatic amines is 1. The van der Waals surface area contributed by atoms with Gasteiger partial charge in [-0.3, -0.25) is 19.8 Å². The molecular formula is C17H23N5O3. The average molecular weight is 345 g/mol. The summed E-state index contributed by atoms with van der Waals surface area (Å²) in [5.41, 5.74) is 0.380. The number of benzene rings is 1. The largest absolute Gasteiger partial charge is 0.336 e. The summed E-state index contributed by atoms with van der Waals surface area (Å²) in [5, 5.41) is 5.41. The van der Waals surface area contributed by atoms with E-state index in [-0.39, 0.29) is 18.1 Å². The summed E-state index contributed by atoms with van der Waals surface area (Å²) in [4.78, 5) is 44.7. The number of nitrogens with one attached hydrogen (secondary N) is 3. The van der Waals surface area contributed by atoms with Gasteiger partial charge in [-0.2, -0.15) is 0 Å². The molecule has 0 radical (unpaired) electrons. The van der Waals surface area contributed by atoms with E-state index >= 15 is 0 Å². The molecule has 0 aliphatic rings. The second-order valence-electron chi connectivity index (χ2n) is 6.24. The minimum Gasteiger partial charge on any atom is -0.336 e. The Kier molecular flexibility index (Phi) is 5.87. The fourth-order valence-corrected chi connectivity index (χ4v) is 2.30. The molecule has 8 nitrogen and oxygen atoms in total. The number of fused-ring (bicyclic) bond motifs is 1. The van der Waals surface area contributed by atoms with Crippen LogP contribution in [-0.4, -0.2) is 45.9 Å². The maximum atomic E-state index is 12.1. The number of imide groups is 1. The van der Waals surface area contributed by atoms with Crippen LogP contribution in [0, 0.1) is 0 Å². The maximum absolute atomic E-state index is 12.1. The third kappa shape index (κ3) is 4.87. The summed E-state index contributed by atoms with van der Waals surface area (Å²) in [6, 6.07) is 5.89. The highest BCUT2D eigenvalue weighted by atomic mass is 16.2. The number of rotatable bonds is 5. The van der Waals surface area contributed by atoms with Gasteiger partial charge in [-0.25, -0.2) is 9.78 Å². The van der Waals surface area contributed by atoms with Crippen molar-refractivity contribution in [3.63, 3.8) is 0 Å². The molecule has 0 saturated carbocycles. The highest BCUT2D eigenvalue weighted by Gasteiger charge is 2.21. The number of nitrogens with zero attached hydrogens (tertiary/aromatic N) is 2. The van der Waals surface area contributed by atoms with Gasteiger partial charge in [-0.05, 0) is 40.0 Å². The van der Waals surface area contributed by atoms with Crippen LogP contribution < -0.4 is 16.2 Å². The lowest BCUT2D eigenvalue weighted by Crippen LogP contribution is -2.49. The first kappa shape index (κ1) is 18.6. The molecule has 0 bridgehead atoms. The molecule has 3 N–H and O–H groups in total.